The van der Waals surface area contributed by atoms with Crippen LogP contribution in [0.4, 0.5) is 10.1 Å². The standard InChI is InChI=1S/C15H19FN6O/c1-9-19-20-21-22(9)14-8-12(5-6-13(14)16)18-15(23)10-3-2-4-11(17)7-10/h5-6,8,10-11H,2-4,7,17H2,1H3,(H,18,23). The van der Waals surface area contributed by atoms with Crippen LogP contribution in [0.5, 0.6) is 0 Å². The van der Waals surface area contributed by atoms with Gasteiger partial charge in [-0.2, -0.15) is 4.68 Å². The number of halogens is 1. The van der Waals surface area contributed by atoms with Gasteiger partial charge in [0.05, 0.1) is 0 Å². The molecule has 0 radical (unpaired) electrons. The van der Waals surface area contributed by atoms with Gasteiger partial charge in [-0.25, -0.2) is 4.39 Å². The normalized spacial score (nSPS) is 21.2. The fourth-order valence-electron chi connectivity index (χ4n) is 2.92. The molecule has 2 unspecified atom stereocenters. The minimum atomic E-state index is -0.460. The first-order valence-corrected chi connectivity index (χ1v) is 7.66. The second-order valence-electron chi connectivity index (χ2n) is 5.92. The quantitative estimate of drug-likeness (QED) is 0.895. The molecule has 3 rings (SSSR count). The lowest BCUT2D eigenvalue weighted by atomic mass is 9.85. The zero-order chi connectivity index (χ0) is 16.4. The Balaban J connectivity index is 1.79. The summed E-state index contributed by atoms with van der Waals surface area (Å²) >= 11 is 0. The number of benzene rings is 1. The monoisotopic (exact) mass is 318 g/mol. The predicted molar refractivity (Wildman–Crippen MR) is 82.4 cm³/mol. The minimum absolute atomic E-state index is 0.0761. The lowest BCUT2D eigenvalue weighted by Gasteiger charge is -2.25. The fraction of sp³-hybridized carbons (Fsp3) is 0.467. The van der Waals surface area contributed by atoms with Crippen molar-refractivity contribution in [2.24, 2.45) is 11.7 Å². The number of nitrogens with one attached hydrogen (secondary N) is 1. The fourth-order valence-corrected chi connectivity index (χ4v) is 2.92. The number of hydrogen-bond donors (Lipinski definition) is 2. The van der Waals surface area contributed by atoms with E-state index < -0.39 is 5.82 Å². The van der Waals surface area contributed by atoms with Crippen molar-refractivity contribution >= 4 is 11.6 Å². The molecule has 1 saturated carbocycles. The maximum Gasteiger partial charge on any atom is 0.227 e. The molecule has 0 aliphatic heterocycles. The average Bonchev–Trinajstić information content (AvgIpc) is 2.95. The summed E-state index contributed by atoms with van der Waals surface area (Å²) in [5.41, 5.74) is 6.64. The highest BCUT2D eigenvalue weighted by molar-refractivity contribution is 5.92. The third-order valence-electron chi connectivity index (χ3n) is 4.15. The molecule has 0 saturated heterocycles. The van der Waals surface area contributed by atoms with E-state index in [2.05, 4.69) is 20.8 Å². The number of carbonyl (C=O) groups excluding carboxylic acids is 1. The van der Waals surface area contributed by atoms with Crippen molar-refractivity contribution in [2.75, 3.05) is 5.32 Å². The van der Waals surface area contributed by atoms with Crippen molar-refractivity contribution in [3.8, 4) is 5.69 Å². The van der Waals surface area contributed by atoms with Gasteiger partial charge in [0.2, 0.25) is 5.91 Å². The SMILES string of the molecule is Cc1nnnn1-c1cc(NC(=O)C2CCCC(N)C2)ccc1F. The molecule has 0 bridgehead atoms. The van der Waals surface area contributed by atoms with E-state index >= 15 is 0 Å². The Morgan fingerprint density at radius 3 is 2.96 bits per heavy atom. The van der Waals surface area contributed by atoms with E-state index in [4.69, 9.17) is 5.73 Å². The Labute approximate surface area is 133 Å². The zero-order valence-electron chi connectivity index (χ0n) is 12.9. The van der Waals surface area contributed by atoms with Gasteiger partial charge in [0.15, 0.2) is 5.82 Å². The number of carbonyl (C=O) groups is 1. The summed E-state index contributed by atoms with van der Waals surface area (Å²) in [6.45, 7) is 1.67. The lowest BCUT2D eigenvalue weighted by molar-refractivity contribution is -0.120. The van der Waals surface area contributed by atoms with Gasteiger partial charge < -0.3 is 11.1 Å². The van der Waals surface area contributed by atoms with Crippen LogP contribution in [0, 0.1) is 18.7 Å². The highest BCUT2D eigenvalue weighted by Gasteiger charge is 2.25. The van der Waals surface area contributed by atoms with Crippen molar-refractivity contribution < 1.29 is 9.18 Å². The highest BCUT2D eigenvalue weighted by Crippen LogP contribution is 2.25. The Morgan fingerprint density at radius 2 is 2.26 bits per heavy atom. The van der Waals surface area contributed by atoms with E-state index in [-0.39, 0.29) is 23.6 Å². The van der Waals surface area contributed by atoms with Crippen LogP contribution in [0.1, 0.15) is 31.5 Å². The van der Waals surface area contributed by atoms with Gasteiger partial charge in [-0.3, -0.25) is 4.79 Å². The number of rotatable bonds is 3. The summed E-state index contributed by atoms with van der Waals surface area (Å²) in [5, 5.41) is 13.8. The van der Waals surface area contributed by atoms with Crippen molar-refractivity contribution in [2.45, 2.75) is 38.6 Å². The number of nitrogens with zero attached hydrogens (tertiary/aromatic N) is 4. The topological polar surface area (TPSA) is 98.7 Å². The number of amides is 1. The number of hydrogen-bond acceptors (Lipinski definition) is 5. The summed E-state index contributed by atoms with van der Waals surface area (Å²) in [4.78, 5) is 12.4. The first-order valence-electron chi connectivity index (χ1n) is 7.66. The summed E-state index contributed by atoms with van der Waals surface area (Å²) in [7, 11) is 0. The van der Waals surface area contributed by atoms with Gasteiger partial charge >= 0.3 is 0 Å². The van der Waals surface area contributed by atoms with E-state index in [1.807, 2.05) is 0 Å². The maximum absolute atomic E-state index is 14.0. The largest absolute Gasteiger partial charge is 0.328 e. The minimum Gasteiger partial charge on any atom is -0.328 e. The van der Waals surface area contributed by atoms with Crippen LogP contribution in [0.2, 0.25) is 0 Å². The lowest BCUT2D eigenvalue weighted by Crippen LogP contribution is -2.34. The molecule has 7 nitrogen and oxygen atoms in total. The smallest absolute Gasteiger partial charge is 0.227 e. The first-order chi connectivity index (χ1) is 11.0. The van der Waals surface area contributed by atoms with Gasteiger partial charge in [-0.15, -0.1) is 5.10 Å². The average molecular weight is 318 g/mol. The number of aromatic nitrogens is 4. The van der Waals surface area contributed by atoms with Crippen molar-refractivity contribution in [1.29, 1.82) is 0 Å². The molecule has 1 aromatic heterocycles. The summed E-state index contributed by atoms with van der Waals surface area (Å²) in [5.74, 6) is -0.170. The molecule has 1 aromatic carbocycles. The Bertz CT molecular complexity index is 716. The summed E-state index contributed by atoms with van der Waals surface area (Å²) < 4.78 is 15.3. The van der Waals surface area contributed by atoms with Gasteiger partial charge in [-0.05, 0) is 54.8 Å². The summed E-state index contributed by atoms with van der Waals surface area (Å²) in [6, 6.07) is 4.42. The molecule has 2 aromatic rings. The van der Waals surface area contributed by atoms with E-state index in [0.29, 0.717) is 17.9 Å². The summed E-state index contributed by atoms with van der Waals surface area (Å²) in [6.07, 6.45) is 3.44. The third-order valence-corrected chi connectivity index (χ3v) is 4.15. The first kappa shape index (κ1) is 15.5. The molecule has 8 heteroatoms. The van der Waals surface area contributed by atoms with E-state index in [1.54, 1.807) is 6.92 Å². The molecule has 1 fully saturated rings. The van der Waals surface area contributed by atoms with Crippen LogP contribution in [0.25, 0.3) is 5.69 Å². The number of tetrazole rings is 1. The van der Waals surface area contributed by atoms with Gasteiger partial charge in [0, 0.05) is 17.6 Å². The molecule has 1 aliphatic carbocycles. The molecular weight excluding hydrogens is 299 g/mol. The van der Waals surface area contributed by atoms with E-state index in [9.17, 15) is 9.18 Å². The second kappa shape index (κ2) is 6.41. The van der Waals surface area contributed by atoms with Crippen LogP contribution in [0.15, 0.2) is 18.2 Å². The maximum atomic E-state index is 14.0. The molecule has 2 atom stereocenters. The highest BCUT2D eigenvalue weighted by atomic mass is 19.1. The van der Waals surface area contributed by atoms with Crippen LogP contribution < -0.4 is 11.1 Å². The van der Waals surface area contributed by atoms with E-state index in [0.717, 1.165) is 19.3 Å². The Kier molecular flexibility index (Phi) is 4.33. The van der Waals surface area contributed by atoms with Gasteiger partial charge in [0.1, 0.15) is 11.5 Å². The van der Waals surface area contributed by atoms with Gasteiger partial charge in [-0.1, -0.05) is 6.42 Å². The van der Waals surface area contributed by atoms with Crippen LogP contribution in [0.3, 0.4) is 0 Å². The number of nitrogens with two attached hydrogens (primary N) is 1. The Morgan fingerprint density at radius 1 is 1.43 bits per heavy atom. The Hall–Kier alpha value is -2.35. The molecule has 1 amide bonds. The van der Waals surface area contributed by atoms with Gasteiger partial charge in [0.25, 0.3) is 0 Å². The van der Waals surface area contributed by atoms with Crippen LogP contribution in [-0.4, -0.2) is 32.2 Å². The molecule has 3 N–H and O–H groups in total. The molecule has 1 heterocycles. The molecular formula is C15H19FN6O. The number of aryl methyl sites for hydroxylation is 1. The third kappa shape index (κ3) is 3.37. The number of anilines is 1. The van der Waals surface area contributed by atoms with Crippen LogP contribution in [-0.2, 0) is 4.79 Å². The molecule has 0 spiro atoms. The van der Waals surface area contributed by atoms with Crippen molar-refractivity contribution in [3.05, 3.63) is 29.8 Å². The van der Waals surface area contributed by atoms with Crippen molar-refractivity contribution in [3.63, 3.8) is 0 Å². The van der Waals surface area contributed by atoms with Crippen molar-refractivity contribution in [1.82, 2.24) is 20.2 Å². The van der Waals surface area contributed by atoms with E-state index in [1.165, 1.54) is 22.9 Å². The second-order valence-corrected chi connectivity index (χ2v) is 5.92. The molecule has 122 valence electrons. The zero-order valence-corrected chi connectivity index (χ0v) is 12.9. The predicted octanol–water partition coefficient (Wildman–Crippen LogP) is 1.57. The van der Waals surface area contributed by atoms with Crippen LogP contribution >= 0.6 is 0 Å². The molecule has 1 aliphatic rings. The molecule has 23 heavy (non-hydrogen) atoms.